The Kier molecular flexibility index (Phi) is 8.34. The van der Waals surface area contributed by atoms with E-state index in [1.54, 1.807) is 0 Å². The third-order valence-corrected chi connectivity index (χ3v) is 5.24. The van der Waals surface area contributed by atoms with E-state index < -0.39 is 41.5 Å². The second-order valence-electron chi connectivity index (χ2n) is 5.02. The number of fused-ring (bicyclic) bond motifs is 2. The molecule has 3 aromatic carbocycles. The van der Waals surface area contributed by atoms with Crippen LogP contribution >= 0.6 is 0 Å². The van der Waals surface area contributed by atoms with Gasteiger partial charge in [0.25, 0.3) is 0 Å². The molecule has 26 heavy (non-hydrogen) atoms. The first-order valence-corrected chi connectivity index (χ1v) is 9.15. The SMILES string of the molecule is O=S(=O)([O-])c1ccc2c(O)c3cc(S(=O)(=O)[O-])ccc3c(O)c2c1.[K+].[K+]. The molecule has 0 amide bonds. The molecule has 0 radical (unpaired) electrons. The monoisotopic (exact) mass is 446 g/mol. The molecule has 3 aromatic rings. The van der Waals surface area contributed by atoms with Crippen molar-refractivity contribution in [2.24, 2.45) is 0 Å². The Bertz CT molecular complexity index is 1120. The fourth-order valence-electron chi connectivity index (χ4n) is 2.45. The maximum Gasteiger partial charge on any atom is 1.00 e. The van der Waals surface area contributed by atoms with E-state index in [9.17, 15) is 36.2 Å². The van der Waals surface area contributed by atoms with Crippen LogP contribution in [-0.4, -0.2) is 36.2 Å². The molecule has 8 nitrogen and oxygen atoms in total. The summed E-state index contributed by atoms with van der Waals surface area (Å²) in [5, 5.41) is 20.3. The van der Waals surface area contributed by atoms with Crippen molar-refractivity contribution in [1.82, 2.24) is 0 Å². The standard InChI is InChI=1S/C14H10O8S2.2K/c15-13-9-3-1-7(23(17,18)19)5-11(9)14(16)10-4-2-8(6-12(10)13)24(20,21)22;;/h1-6,15-16H,(H,17,18,19)(H,20,21,22);;/q;2*+1/p-2. The van der Waals surface area contributed by atoms with Crippen LogP contribution < -0.4 is 103 Å². The van der Waals surface area contributed by atoms with Crippen LogP contribution in [0.2, 0.25) is 0 Å². The Morgan fingerprint density at radius 2 is 0.923 bits per heavy atom. The van der Waals surface area contributed by atoms with Crippen LogP contribution in [0.5, 0.6) is 11.5 Å². The van der Waals surface area contributed by atoms with Gasteiger partial charge < -0.3 is 19.3 Å². The smallest absolute Gasteiger partial charge is 0.744 e. The Hall–Kier alpha value is 0.873. The molecule has 2 N–H and O–H groups in total. The van der Waals surface area contributed by atoms with Crippen molar-refractivity contribution in [3.05, 3.63) is 36.4 Å². The summed E-state index contributed by atoms with van der Waals surface area (Å²) in [6.07, 6.45) is 0. The molecule has 126 valence electrons. The molecule has 0 bridgehead atoms. The van der Waals surface area contributed by atoms with Crippen molar-refractivity contribution >= 4 is 41.8 Å². The van der Waals surface area contributed by atoms with Crippen molar-refractivity contribution < 1.29 is 139 Å². The minimum Gasteiger partial charge on any atom is -0.744 e. The van der Waals surface area contributed by atoms with Gasteiger partial charge in [-0.05, 0) is 36.4 Å². The number of aromatic hydroxyl groups is 2. The summed E-state index contributed by atoms with van der Waals surface area (Å²) in [5.41, 5.74) is 0. The van der Waals surface area contributed by atoms with E-state index >= 15 is 0 Å². The van der Waals surface area contributed by atoms with E-state index in [2.05, 4.69) is 0 Å². The molecule has 0 aliphatic heterocycles. The van der Waals surface area contributed by atoms with Crippen LogP contribution in [0.3, 0.4) is 0 Å². The first-order chi connectivity index (χ1) is 11.0. The Labute approximate surface area is 233 Å². The average molecular weight is 447 g/mol. The van der Waals surface area contributed by atoms with Gasteiger partial charge in [0.15, 0.2) is 0 Å². The molecule has 3 rings (SSSR count). The van der Waals surface area contributed by atoms with Gasteiger partial charge in [-0.25, -0.2) is 16.8 Å². The summed E-state index contributed by atoms with van der Waals surface area (Å²) < 4.78 is 66.5. The summed E-state index contributed by atoms with van der Waals surface area (Å²) >= 11 is 0. The number of rotatable bonds is 2. The van der Waals surface area contributed by atoms with Crippen LogP contribution in [0.15, 0.2) is 46.2 Å². The average Bonchev–Trinajstić information content (AvgIpc) is 2.49. The third-order valence-electron chi connectivity index (χ3n) is 3.58. The number of phenols is 2. The van der Waals surface area contributed by atoms with Crippen LogP contribution in [0.4, 0.5) is 0 Å². The van der Waals surface area contributed by atoms with E-state index in [-0.39, 0.29) is 124 Å². The zero-order valence-corrected chi connectivity index (χ0v) is 21.5. The molecular weight excluding hydrogens is 438 g/mol. The van der Waals surface area contributed by atoms with E-state index in [0.29, 0.717) is 0 Å². The normalized spacial score (nSPS) is 11.8. The van der Waals surface area contributed by atoms with Crippen LogP contribution in [-0.2, 0) is 20.2 Å². The van der Waals surface area contributed by atoms with Gasteiger partial charge in [0.2, 0.25) is 0 Å². The molecule has 0 unspecified atom stereocenters. The summed E-state index contributed by atoms with van der Waals surface area (Å²) in [7, 11) is -9.53. The first-order valence-electron chi connectivity index (χ1n) is 6.33. The van der Waals surface area contributed by atoms with Crippen molar-refractivity contribution in [2.75, 3.05) is 0 Å². The molecule has 0 spiro atoms. The number of phenolic OH excluding ortho intramolecular Hbond substituents is 2. The van der Waals surface area contributed by atoms with Crippen LogP contribution in [0.1, 0.15) is 0 Å². The predicted molar refractivity (Wildman–Crippen MR) is 80.7 cm³/mol. The Morgan fingerprint density at radius 1 is 0.615 bits per heavy atom. The van der Waals surface area contributed by atoms with Crippen molar-refractivity contribution in [2.45, 2.75) is 9.79 Å². The van der Waals surface area contributed by atoms with Crippen molar-refractivity contribution in [1.29, 1.82) is 0 Å². The molecule has 0 heterocycles. The van der Waals surface area contributed by atoms with E-state index in [1.165, 1.54) is 0 Å². The van der Waals surface area contributed by atoms with Gasteiger partial charge in [0.1, 0.15) is 31.7 Å². The molecule has 0 fully saturated rings. The maximum absolute atomic E-state index is 11.1. The minimum atomic E-state index is -4.77. The van der Waals surface area contributed by atoms with E-state index in [1.807, 2.05) is 0 Å². The quantitative estimate of drug-likeness (QED) is 0.172. The second kappa shape index (κ2) is 8.71. The fourth-order valence-corrected chi connectivity index (χ4v) is 3.45. The van der Waals surface area contributed by atoms with Gasteiger partial charge in [0.05, 0.1) is 9.79 Å². The van der Waals surface area contributed by atoms with E-state index in [0.717, 1.165) is 36.4 Å². The van der Waals surface area contributed by atoms with Gasteiger partial charge in [-0.3, -0.25) is 0 Å². The van der Waals surface area contributed by atoms with Crippen molar-refractivity contribution in [3.8, 4) is 11.5 Å². The number of hydrogen-bond acceptors (Lipinski definition) is 8. The first kappa shape index (κ1) is 24.9. The summed E-state index contributed by atoms with van der Waals surface area (Å²) in [5.74, 6) is -0.920. The molecule has 12 heteroatoms. The number of hydrogen-bond donors (Lipinski definition) is 2. The zero-order valence-electron chi connectivity index (χ0n) is 13.6. The van der Waals surface area contributed by atoms with Crippen LogP contribution in [0, 0.1) is 0 Å². The van der Waals surface area contributed by atoms with Gasteiger partial charge in [-0.15, -0.1) is 0 Å². The summed E-state index contributed by atoms with van der Waals surface area (Å²) in [6.45, 7) is 0. The third kappa shape index (κ3) is 4.71. The summed E-state index contributed by atoms with van der Waals surface area (Å²) in [4.78, 5) is -1.19. The second-order valence-corrected chi connectivity index (χ2v) is 7.78. The molecule has 0 saturated carbocycles. The van der Waals surface area contributed by atoms with Gasteiger partial charge in [-0.2, -0.15) is 0 Å². The van der Waals surface area contributed by atoms with Gasteiger partial charge in [0, 0.05) is 21.5 Å². The Balaban J connectivity index is 0.00000169. The van der Waals surface area contributed by atoms with Gasteiger partial charge >= 0.3 is 103 Å². The zero-order chi connectivity index (χ0) is 17.9. The van der Waals surface area contributed by atoms with Crippen LogP contribution in [0.25, 0.3) is 21.5 Å². The molecule has 0 aliphatic rings. The van der Waals surface area contributed by atoms with Crippen molar-refractivity contribution in [3.63, 3.8) is 0 Å². The predicted octanol–water partition coefficient (Wildman–Crippen LogP) is -4.78. The molecule has 0 saturated heterocycles. The fraction of sp³-hybridized carbons (Fsp3) is 0. The molecule has 0 atom stereocenters. The summed E-state index contributed by atoms with van der Waals surface area (Å²) in [6, 6.07) is 5.92. The molecule has 0 aromatic heterocycles. The van der Waals surface area contributed by atoms with E-state index in [4.69, 9.17) is 0 Å². The maximum atomic E-state index is 11.1. The van der Waals surface area contributed by atoms with Gasteiger partial charge in [-0.1, -0.05) is 0 Å². The largest absolute Gasteiger partial charge is 1.00 e. The Morgan fingerprint density at radius 3 is 1.19 bits per heavy atom. The number of benzene rings is 3. The minimum absolute atomic E-state index is 0. The molecular formula is C14H8K2O8S2. The topological polar surface area (TPSA) is 155 Å². The molecule has 0 aliphatic carbocycles.